The van der Waals surface area contributed by atoms with Crippen molar-refractivity contribution in [1.29, 1.82) is 0 Å². The molecule has 0 heterocycles. The minimum absolute atomic E-state index is 0.576. The summed E-state index contributed by atoms with van der Waals surface area (Å²) >= 11 is 0. The summed E-state index contributed by atoms with van der Waals surface area (Å²) in [6.07, 6.45) is 11.6. The predicted molar refractivity (Wildman–Crippen MR) is 203 cm³/mol. The highest BCUT2D eigenvalue weighted by Crippen LogP contribution is 2.44. The van der Waals surface area contributed by atoms with Crippen molar-refractivity contribution >= 4 is 12.1 Å². The van der Waals surface area contributed by atoms with Gasteiger partial charge in [-0.05, 0) is 86.0 Å². The minimum Gasteiger partial charge on any atom is -0.261 e. The fourth-order valence-electron chi connectivity index (χ4n) is 6.77. The highest BCUT2D eigenvalue weighted by atomic mass is 14.9. The molecule has 8 rings (SSSR count). The number of allylic oxidation sites excluding steroid dienone is 2. The van der Waals surface area contributed by atoms with E-state index in [9.17, 15) is 0 Å². The lowest BCUT2D eigenvalue weighted by Crippen LogP contribution is -2.02. The van der Waals surface area contributed by atoms with E-state index in [1.54, 1.807) is 0 Å². The molecule has 6 aromatic rings. The van der Waals surface area contributed by atoms with E-state index in [0.29, 0.717) is 6.54 Å². The van der Waals surface area contributed by atoms with E-state index in [4.69, 9.17) is 9.98 Å². The largest absolute Gasteiger partial charge is 0.261 e. The monoisotopic (exact) mass is 616 g/mol. The Labute approximate surface area is 283 Å². The molecular weight excluding hydrogens is 581 g/mol. The number of aliphatic imine (C=N–C) groups is 2. The Morgan fingerprint density at radius 3 is 2.00 bits per heavy atom. The maximum absolute atomic E-state index is 5.00. The van der Waals surface area contributed by atoms with Gasteiger partial charge < -0.3 is 0 Å². The van der Waals surface area contributed by atoms with E-state index in [1.165, 1.54) is 61.2 Å². The van der Waals surface area contributed by atoms with E-state index >= 15 is 0 Å². The lowest BCUT2D eigenvalue weighted by atomic mass is 9.93. The summed E-state index contributed by atoms with van der Waals surface area (Å²) in [4.78, 5) is 9.88. The van der Waals surface area contributed by atoms with Crippen LogP contribution in [0.2, 0.25) is 0 Å². The van der Waals surface area contributed by atoms with E-state index in [1.807, 2.05) is 12.3 Å². The zero-order valence-corrected chi connectivity index (χ0v) is 26.9. The van der Waals surface area contributed by atoms with Gasteiger partial charge in [0.05, 0.1) is 6.54 Å². The van der Waals surface area contributed by atoms with Gasteiger partial charge in [0.2, 0.25) is 0 Å². The molecule has 2 aliphatic rings. The van der Waals surface area contributed by atoms with Crippen molar-refractivity contribution in [2.45, 2.75) is 25.8 Å². The summed E-state index contributed by atoms with van der Waals surface area (Å²) in [5, 5.41) is 0. The quantitative estimate of drug-likeness (QED) is 0.126. The topological polar surface area (TPSA) is 24.7 Å². The first-order valence-electron chi connectivity index (χ1n) is 16.8. The highest BCUT2D eigenvalue weighted by Gasteiger charge is 2.22. The molecule has 0 amide bonds. The smallest absolute Gasteiger partial charge is 0.154 e. The lowest BCUT2D eigenvalue weighted by Gasteiger charge is -2.11. The van der Waals surface area contributed by atoms with Crippen LogP contribution in [0.15, 0.2) is 179 Å². The van der Waals surface area contributed by atoms with Gasteiger partial charge in [-0.1, -0.05) is 164 Å². The van der Waals surface area contributed by atoms with Crippen molar-refractivity contribution in [1.82, 2.24) is 0 Å². The zero-order chi connectivity index (χ0) is 32.1. The van der Waals surface area contributed by atoms with Gasteiger partial charge in [-0.25, -0.2) is 4.99 Å². The molecule has 0 aliphatic heterocycles. The summed E-state index contributed by atoms with van der Waals surface area (Å²) in [5.74, 6) is 0.773. The molecule has 2 heteroatoms. The van der Waals surface area contributed by atoms with Gasteiger partial charge in [0.15, 0.2) is 5.84 Å². The van der Waals surface area contributed by atoms with Gasteiger partial charge in [0.25, 0.3) is 0 Å². The summed E-state index contributed by atoms with van der Waals surface area (Å²) in [5.41, 5.74) is 16.3. The molecule has 230 valence electrons. The zero-order valence-electron chi connectivity index (χ0n) is 26.9. The van der Waals surface area contributed by atoms with Crippen LogP contribution in [0.5, 0.6) is 0 Å². The molecule has 0 bridgehead atoms. The Hall–Kier alpha value is -5.86. The van der Waals surface area contributed by atoms with Crippen LogP contribution in [0.4, 0.5) is 0 Å². The fraction of sp³-hybridized carbons (Fsp3) is 0.0870. The van der Waals surface area contributed by atoms with Crippen molar-refractivity contribution in [2.75, 3.05) is 0 Å². The molecule has 0 N–H and O–H groups in total. The van der Waals surface area contributed by atoms with E-state index in [0.717, 1.165) is 36.2 Å². The average molecular weight is 617 g/mol. The highest BCUT2D eigenvalue weighted by molar-refractivity contribution is 6.06. The Bertz CT molecular complexity index is 2180. The van der Waals surface area contributed by atoms with E-state index in [-0.39, 0.29) is 0 Å². The lowest BCUT2D eigenvalue weighted by molar-refractivity contribution is 1.02. The maximum Gasteiger partial charge on any atom is 0.154 e. The SMILES string of the molecule is C1=CC(C(N=Cc2ccc(-c3ccccc3)cc2)=NCc2ccc(-c3ccc4c(c3)Cc3cccc(-c5ccccc5)c3-4)cc2)=CCC1. The van der Waals surface area contributed by atoms with Crippen LogP contribution in [-0.4, -0.2) is 12.1 Å². The Morgan fingerprint density at radius 1 is 0.562 bits per heavy atom. The number of nitrogens with zero attached hydrogens (tertiary/aromatic N) is 2. The second kappa shape index (κ2) is 13.5. The molecule has 2 aliphatic carbocycles. The second-order valence-corrected chi connectivity index (χ2v) is 12.5. The first-order chi connectivity index (χ1) is 23.8. The van der Waals surface area contributed by atoms with Gasteiger partial charge in [-0.15, -0.1) is 0 Å². The molecule has 0 radical (unpaired) electrons. The third-order valence-electron chi connectivity index (χ3n) is 9.30. The molecule has 2 nitrogen and oxygen atoms in total. The first kappa shape index (κ1) is 29.5. The Kier molecular flexibility index (Phi) is 8.29. The normalized spacial score (nSPS) is 13.8. The number of hydrogen-bond acceptors (Lipinski definition) is 1. The third-order valence-corrected chi connectivity index (χ3v) is 9.30. The number of rotatable bonds is 7. The van der Waals surface area contributed by atoms with Gasteiger partial charge in [0.1, 0.15) is 0 Å². The molecule has 48 heavy (non-hydrogen) atoms. The van der Waals surface area contributed by atoms with Crippen molar-refractivity contribution in [3.05, 3.63) is 192 Å². The number of fused-ring (bicyclic) bond motifs is 3. The van der Waals surface area contributed by atoms with E-state index in [2.05, 4.69) is 158 Å². The van der Waals surface area contributed by atoms with Crippen LogP contribution in [0.1, 0.15) is 35.1 Å². The molecular formula is C46H36N2. The van der Waals surface area contributed by atoms with Crippen molar-refractivity contribution in [3.8, 4) is 44.5 Å². The fourth-order valence-corrected chi connectivity index (χ4v) is 6.77. The van der Waals surface area contributed by atoms with Gasteiger partial charge >= 0.3 is 0 Å². The Balaban J connectivity index is 1.00. The standard InChI is InChI=1S/C46H36N2/c1-4-11-35(12-5-1)36-23-19-33(20-24-36)31-47-46(39-15-8-3-9-16-39)48-32-34-21-25-37(26-22-34)40-27-28-44-42(29-40)30-41-17-10-18-43(45(41)44)38-13-6-2-7-14-38/h1-2,4-8,10-29,31H,3,9,30,32H2. The van der Waals surface area contributed by atoms with Crippen LogP contribution < -0.4 is 0 Å². The van der Waals surface area contributed by atoms with E-state index < -0.39 is 0 Å². The summed E-state index contributed by atoms with van der Waals surface area (Å²) in [6, 6.07) is 52.2. The first-order valence-corrected chi connectivity index (χ1v) is 16.8. The molecule has 0 atom stereocenters. The third kappa shape index (κ3) is 6.26. The molecule has 6 aromatic carbocycles. The van der Waals surface area contributed by atoms with Crippen LogP contribution in [0.3, 0.4) is 0 Å². The number of amidine groups is 1. The van der Waals surface area contributed by atoms with Crippen LogP contribution >= 0.6 is 0 Å². The summed E-state index contributed by atoms with van der Waals surface area (Å²) in [6.45, 7) is 0.576. The summed E-state index contributed by atoms with van der Waals surface area (Å²) in [7, 11) is 0. The molecule has 0 aromatic heterocycles. The van der Waals surface area contributed by atoms with Crippen LogP contribution in [0, 0.1) is 0 Å². The molecule has 0 fully saturated rings. The van der Waals surface area contributed by atoms with Gasteiger partial charge in [-0.2, -0.15) is 0 Å². The van der Waals surface area contributed by atoms with Gasteiger partial charge in [-0.3, -0.25) is 4.99 Å². The van der Waals surface area contributed by atoms with Crippen LogP contribution in [-0.2, 0) is 13.0 Å². The van der Waals surface area contributed by atoms with Crippen molar-refractivity contribution in [2.24, 2.45) is 9.98 Å². The average Bonchev–Trinajstić information content (AvgIpc) is 3.55. The maximum atomic E-state index is 5.00. The summed E-state index contributed by atoms with van der Waals surface area (Å²) < 4.78 is 0. The molecule has 0 saturated heterocycles. The van der Waals surface area contributed by atoms with Crippen molar-refractivity contribution < 1.29 is 0 Å². The predicted octanol–water partition coefficient (Wildman–Crippen LogP) is 11.6. The molecule has 0 spiro atoms. The number of benzene rings is 6. The molecule has 0 unspecified atom stereocenters. The second-order valence-electron chi connectivity index (χ2n) is 12.5. The van der Waals surface area contributed by atoms with Crippen LogP contribution in [0.25, 0.3) is 44.5 Å². The number of hydrogen-bond donors (Lipinski definition) is 0. The minimum atomic E-state index is 0.576. The van der Waals surface area contributed by atoms with Gasteiger partial charge in [0, 0.05) is 11.8 Å². The molecule has 0 saturated carbocycles. The Morgan fingerprint density at radius 2 is 1.25 bits per heavy atom. The van der Waals surface area contributed by atoms with Crippen molar-refractivity contribution in [3.63, 3.8) is 0 Å².